The van der Waals surface area contributed by atoms with E-state index in [9.17, 15) is 4.79 Å². The third-order valence-electron chi connectivity index (χ3n) is 6.79. The van der Waals surface area contributed by atoms with Gasteiger partial charge in [-0.15, -0.1) is 0 Å². The molecule has 0 bridgehead atoms. The molecule has 1 aliphatic carbocycles. The zero-order chi connectivity index (χ0) is 19.5. The third-order valence-corrected chi connectivity index (χ3v) is 6.79. The molecule has 1 aromatic heterocycles. The summed E-state index contributed by atoms with van der Waals surface area (Å²) in [7, 11) is 0. The van der Waals surface area contributed by atoms with Crippen LogP contribution in [-0.2, 0) is 0 Å². The van der Waals surface area contributed by atoms with Crippen LogP contribution in [0.1, 0.15) is 56.4 Å². The molecule has 1 unspecified atom stereocenters. The van der Waals surface area contributed by atoms with Crippen molar-refractivity contribution >= 4 is 5.91 Å². The van der Waals surface area contributed by atoms with Crippen molar-refractivity contribution in [2.45, 2.75) is 58.0 Å². The van der Waals surface area contributed by atoms with Crippen molar-refractivity contribution in [1.82, 2.24) is 24.7 Å². The molecule has 2 aliphatic heterocycles. The molecule has 1 saturated carbocycles. The molecular weight excluding hydrogens is 350 g/mol. The van der Waals surface area contributed by atoms with Crippen molar-refractivity contribution in [3.8, 4) is 0 Å². The van der Waals surface area contributed by atoms with E-state index in [1.807, 2.05) is 4.90 Å². The summed E-state index contributed by atoms with van der Waals surface area (Å²) in [5.74, 6) is 1.68. The summed E-state index contributed by atoms with van der Waals surface area (Å²) in [4.78, 5) is 28.3. The van der Waals surface area contributed by atoms with Gasteiger partial charge >= 0.3 is 0 Å². The quantitative estimate of drug-likeness (QED) is 0.780. The smallest absolute Gasteiger partial charge is 0.274 e. The number of aromatic nitrogens is 2. The monoisotopic (exact) mass is 385 g/mol. The first-order chi connectivity index (χ1) is 13.6. The van der Waals surface area contributed by atoms with Crippen LogP contribution in [0.4, 0.5) is 0 Å². The van der Waals surface area contributed by atoms with Crippen LogP contribution in [0.15, 0.2) is 18.6 Å². The van der Waals surface area contributed by atoms with Gasteiger partial charge in [0.2, 0.25) is 0 Å². The second-order valence-corrected chi connectivity index (χ2v) is 9.21. The first kappa shape index (κ1) is 19.8. The van der Waals surface area contributed by atoms with Gasteiger partial charge in [-0.05, 0) is 57.0 Å². The average Bonchev–Trinajstić information content (AvgIpc) is 3.55. The van der Waals surface area contributed by atoms with Crippen LogP contribution in [0.3, 0.4) is 0 Å². The molecule has 28 heavy (non-hydrogen) atoms. The minimum absolute atomic E-state index is 0.0260. The molecule has 3 aliphatic rings. The van der Waals surface area contributed by atoms with Crippen LogP contribution in [0.25, 0.3) is 0 Å². The normalized spacial score (nSPS) is 25.8. The Hall–Kier alpha value is -1.53. The summed E-state index contributed by atoms with van der Waals surface area (Å²) in [6, 6.07) is 1.27. The largest absolute Gasteiger partial charge is 0.337 e. The molecule has 6 heteroatoms. The molecule has 154 valence electrons. The second-order valence-electron chi connectivity index (χ2n) is 9.21. The number of hydrogen-bond donors (Lipinski definition) is 0. The molecule has 0 spiro atoms. The van der Waals surface area contributed by atoms with Crippen molar-refractivity contribution in [1.29, 1.82) is 0 Å². The molecular formula is C22H35N5O. The van der Waals surface area contributed by atoms with Gasteiger partial charge in [0.15, 0.2) is 0 Å². The lowest BCUT2D eigenvalue weighted by Gasteiger charge is -2.40. The molecule has 6 nitrogen and oxygen atoms in total. The predicted molar refractivity (Wildman–Crippen MR) is 110 cm³/mol. The lowest BCUT2D eigenvalue weighted by Crippen LogP contribution is -2.51. The van der Waals surface area contributed by atoms with Gasteiger partial charge in [-0.2, -0.15) is 0 Å². The Labute approximate surface area is 169 Å². The number of hydrogen-bond acceptors (Lipinski definition) is 5. The van der Waals surface area contributed by atoms with E-state index in [2.05, 4.69) is 33.6 Å². The first-order valence-corrected chi connectivity index (χ1v) is 11.1. The minimum Gasteiger partial charge on any atom is -0.337 e. The highest BCUT2D eigenvalue weighted by molar-refractivity contribution is 5.92. The Kier molecular flexibility index (Phi) is 6.26. The van der Waals surface area contributed by atoms with Crippen LogP contribution >= 0.6 is 0 Å². The Bertz CT molecular complexity index is 640. The molecule has 0 radical (unpaired) electrons. The lowest BCUT2D eigenvalue weighted by atomic mass is 9.98. The zero-order valence-electron chi connectivity index (χ0n) is 17.5. The van der Waals surface area contributed by atoms with Gasteiger partial charge < -0.3 is 4.90 Å². The van der Waals surface area contributed by atoms with Crippen LogP contribution in [0.2, 0.25) is 0 Å². The van der Waals surface area contributed by atoms with E-state index in [0.29, 0.717) is 23.7 Å². The number of rotatable bonds is 5. The van der Waals surface area contributed by atoms with E-state index in [1.165, 1.54) is 45.4 Å². The maximum atomic E-state index is 12.6. The predicted octanol–water partition coefficient (Wildman–Crippen LogP) is 2.52. The molecule has 1 aromatic rings. The maximum absolute atomic E-state index is 12.6. The SMILES string of the molecule is CC(C)C1CN(C2CCN(C(=O)c3cnccn3)CC2)CCCN1CC1CC1. The highest BCUT2D eigenvalue weighted by Gasteiger charge is 2.35. The van der Waals surface area contributed by atoms with E-state index >= 15 is 0 Å². The maximum Gasteiger partial charge on any atom is 0.274 e. The summed E-state index contributed by atoms with van der Waals surface area (Å²) < 4.78 is 0. The zero-order valence-corrected chi connectivity index (χ0v) is 17.5. The third kappa shape index (κ3) is 4.71. The molecule has 2 saturated heterocycles. The Balaban J connectivity index is 1.34. The number of carbonyl (C=O) groups excluding carboxylic acids is 1. The van der Waals surface area contributed by atoms with E-state index in [-0.39, 0.29) is 5.91 Å². The average molecular weight is 386 g/mol. The fourth-order valence-electron chi connectivity index (χ4n) is 4.92. The van der Waals surface area contributed by atoms with Crippen LogP contribution in [0, 0.1) is 11.8 Å². The van der Waals surface area contributed by atoms with E-state index in [4.69, 9.17) is 0 Å². The summed E-state index contributed by atoms with van der Waals surface area (Å²) in [6.45, 7) is 11.4. The van der Waals surface area contributed by atoms with Crippen LogP contribution in [-0.4, -0.2) is 81.9 Å². The summed E-state index contributed by atoms with van der Waals surface area (Å²) in [5, 5.41) is 0. The Morgan fingerprint density at radius 2 is 1.89 bits per heavy atom. The second kappa shape index (κ2) is 8.87. The molecule has 1 amide bonds. The van der Waals surface area contributed by atoms with Gasteiger partial charge in [0.25, 0.3) is 5.91 Å². The van der Waals surface area contributed by atoms with Gasteiger partial charge in [-0.1, -0.05) is 13.8 Å². The molecule has 4 rings (SSSR count). The molecule has 3 fully saturated rings. The van der Waals surface area contributed by atoms with Gasteiger partial charge in [0, 0.05) is 50.7 Å². The molecule has 3 heterocycles. The number of nitrogens with zero attached hydrogens (tertiary/aromatic N) is 5. The summed E-state index contributed by atoms with van der Waals surface area (Å²) >= 11 is 0. The number of piperidine rings is 1. The van der Waals surface area contributed by atoms with Crippen molar-refractivity contribution in [3.63, 3.8) is 0 Å². The van der Waals surface area contributed by atoms with E-state index < -0.39 is 0 Å². The lowest BCUT2D eigenvalue weighted by molar-refractivity contribution is 0.0570. The molecule has 0 N–H and O–H groups in total. The Morgan fingerprint density at radius 1 is 1.11 bits per heavy atom. The van der Waals surface area contributed by atoms with E-state index in [1.54, 1.807) is 18.6 Å². The number of likely N-dealkylation sites (tertiary alicyclic amines) is 1. The minimum atomic E-state index is 0.0260. The number of amides is 1. The molecule has 0 aromatic carbocycles. The van der Waals surface area contributed by atoms with Crippen LogP contribution < -0.4 is 0 Å². The van der Waals surface area contributed by atoms with Gasteiger partial charge in [-0.3, -0.25) is 19.6 Å². The fraction of sp³-hybridized carbons (Fsp3) is 0.773. The van der Waals surface area contributed by atoms with Crippen molar-refractivity contribution in [2.24, 2.45) is 11.8 Å². The summed E-state index contributed by atoms with van der Waals surface area (Å²) in [6.07, 6.45) is 11.1. The highest BCUT2D eigenvalue weighted by Crippen LogP contribution is 2.32. The Morgan fingerprint density at radius 3 is 2.54 bits per heavy atom. The topological polar surface area (TPSA) is 52.6 Å². The standard InChI is InChI=1S/C22H35N5O/c1-17(2)21-16-26(10-3-11-27(21)15-18-4-5-18)19-6-12-25(13-7-19)22(28)20-14-23-8-9-24-20/h8-9,14,17-19,21H,3-7,10-13,15-16H2,1-2H3. The van der Waals surface area contributed by atoms with Crippen molar-refractivity contribution in [3.05, 3.63) is 24.3 Å². The van der Waals surface area contributed by atoms with Gasteiger partial charge in [0.1, 0.15) is 5.69 Å². The van der Waals surface area contributed by atoms with Gasteiger partial charge in [-0.25, -0.2) is 4.98 Å². The van der Waals surface area contributed by atoms with Crippen LogP contribution in [0.5, 0.6) is 0 Å². The first-order valence-electron chi connectivity index (χ1n) is 11.1. The summed E-state index contributed by atoms with van der Waals surface area (Å²) in [5.41, 5.74) is 0.464. The van der Waals surface area contributed by atoms with Crippen molar-refractivity contribution < 1.29 is 4.79 Å². The van der Waals surface area contributed by atoms with E-state index in [0.717, 1.165) is 31.8 Å². The molecule has 1 atom stereocenters. The number of carbonyl (C=O) groups is 1. The van der Waals surface area contributed by atoms with Gasteiger partial charge in [0.05, 0.1) is 6.20 Å². The fourth-order valence-corrected chi connectivity index (χ4v) is 4.92. The highest BCUT2D eigenvalue weighted by atomic mass is 16.2. The van der Waals surface area contributed by atoms with Crippen molar-refractivity contribution in [2.75, 3.05) is 39.3 Å².